The number of carbonyl (C=O) groups is 2. The lowest BCUT2D eigenvalue weighted by Crippen LogP contribution is -2.34. The maximum absolute atomic E-state index is 11.8. The first-order valence-corrected chi connectivity index (χ1v) is 7.15. The van der Waals surface area contributed by atoms with E-state index in [0.29, 0.717) is 12.0 Å². The summed E-state index contributed by atoms with van der Waals surface area (Å²) in [5.74, 6) is -0.138. The van der Waals surface area contributed by atoms with Crippen LogP contribution in [0.4, 0.5) is 5.69 Å². The van der Waals surface area contributed by atoms with Crippen LogP contribution in [0.5, 0.6) is 0 Å². The summed E-state index contributed by atoms with van der Waals surface area (Å²) >= 11 is 0. The van der Waals surface area contributed by atoms with E-state index >= 15 is 0 Å². The molecule has 2 N–H and O–H groups in total. The molecule has 2 amide bonds. The molecular formula is C17H17N3O2. The van der Waals surface area contributed by atoms with Crippen LogP contribution in [0.3, 0.4) is 0 Å². The third-order valence-corrected chi connectivity index (χ3v) is 3.75. The Bertz CT molecular complexity index is 683. The second-order valence-corrected chi connectivity index (χ2v) is 5.16. The molecule has 1 saturated heterocycles. The minimum atomic E-state index is -0.128. The van der Waals surface area contributed by atoms with Crippen molar-refractivity contribution in [2.45, 2.75) is 12.5 Å². The molecule has 2 aromatic carbocycles. The topological polar surface area (TPSA) is 61.4 Å². The molecule has 22 heavy (non-hydrogen) atoms. The molecule has 5 heteroatoms. The van der Waals surface area contributed by atoms with Crippen molar-refractivity contribution in [3.05, 3.63) is 65.7 Å². The second kappa shape index (κ2) is 5.89. The zero-order valence-electron chi connectivity index (χ0n) is 12.2. The van der Waals surface area contributed by atoms with Gasteiger partial charge in [0.1, 0.15) is 0 Å². The van der Waals surface area contributed by atoms with Crippen molar-refractivity contribution in [1.29, 1.82) is 0 Å². The first kappa shape index (κ1) is 14.1. The van der Waals surface area contributed by atoms with Crippen LogP contribution in [0, 0.1) is 0 Å². The monoisotopic (exact) mass is 295 g/mol. The van der Waals surface area contributed by atoms with Crippen LogP contribution in [-0.2, 0) is 4.79 Å². The highest BCUT2D eigenvalue weighted by molar-refractivity contribution is 5.94. The van der Waals surface area contributed by atoms with Crippen LogP contribution in [0.15, 0.2) is 54.6 Å². The van der Waals surface area contributed by atoms with E-state index < -0.39 is 0 Å². The summed E-state index contributed by atoms with van der Waals surface area (Å²) in [6, 6.07) is 17.0. The van der Waals surface area contributed by atoms with Crippen molar-refractivity contribution in [1.82, 2.24) is 10.7 Å². The van der Waals surface area contributed by atoms with Gasteiger partial charge >= 0.3 is 0 Å². The molecule has 1 heterocycles. The maximum atomic E-state index is 11.8. The zero-order valence-corrected chi connectivity index (χ0v) is 12.2. The van der Waals surface area contributed by atoms with E-state index in [1.165, 1.54) is 0 Å². The lowest BCUT2D eigenvalue weighted by molar-refractivity contribution is -0.119. The van der Waals surface area contributed by atoms with E-state index in [9.17, 15) is 9.59 Å². The lowest BCUT2D eigenvalue weighted by atomic mass is 10.0. The molecule has 1 aliphatic rings. The summed E-state index contributed by atoms with van der Waals surface area (Å²) in [6.45, 7) is 0. The van der Waals surface area contributed by atoms with Crippen molar-refractivity contribution in [2.75, 3.05) is 12.1 Å². The zero-order chi connectivity index (χ0) is 15.5. The molecule has 0 saturated carbocycles. The van der Waals surface area contributed by atoms with E-state index in [0.717, 1.165) is 11.3 Å². The normalized spacial score (nSPS) is 17.2. The van der Waals surface area contributed by atoms with Gasteiger partial charge in [0.15, 0.2) is 0 Å². The number of nitrogens with zero attached hydrogens (tertiary/aromatic N) is 1. The molecular weight excluding hydrogens is 278 g/mol. The Hall–Kier alpha value is -2.82. The van der Waals surface area contributed by atoms with Crippen LogP contribution in [-0.4, -0.2) is 18.9 Å². The van der Waals surface area contributed by atoms with E-state index in [2.05, 4.69) is 10.7 Å². The predicted octanol–water partition coefficient (Wildman–Crippen LogP) is 2.03. The smallest absolute Gasteiger partial charge is 0.251 e. The molecule has 0 radical (unpaired) electrons. The fourth-order valence-corrected chi connectivity index (χ4v) is 2.63. The number of hydrazine groups is 1. The molecule has 112 valence electrons. The number of benzene rings is 2. The van der Waals surface area contributed by atoms with Gasteiger partial charge in [-0.2, -0.15) is 0 Å². The van der Waals surface area contributed by atoms with Gasteiger partial charge in [-0.05, 0) is 29.8 Å². The Balaban J connectivity index is 1.89. The van der Waals surface area contributed by atoms with E-state index in [-0.39, 0.29) is 17.9 Å². The van der Waals surface area contributed by atoms with Gasteiger partial charge < -0.3 is 5.32 Å². The first-order valence-electron chi connectivity index (χ1n) is 7.15. The van der Waals surface area contributed by atoms with Gasteiger partial charge in [-0.25, -0.2) is 0 Å². The molecule has 0 aromatic heterocycles. The molecule has 0 spiro atoms. The Morgan fingerprint density at radius 1 is 1.14 bits per heavy atom. The number of carbonyl (C=O) groups excluding carboxylic acids is 2. The fourth-order valence-electron chi connectivity index (χ4n) is 2.63. The highest BCUT2D eigenvalue weighted by atomic mass is 16.2. The predicted molar refractivity (Wildman–Crippen MR) is 84.3 cm³/mol. The Labute approximate surface area is 128 Å². The summed E-state index contributed by atoms with van der Waals surface area (Å²) in [6.07, 6.45) is 0.418. The molecule has 0 aliphatic carbocycles. The Morgan fingerprint density at radius 2 is 1.82 bits per heavy atom. The average molecular weight is 295 g/mol. The molecule has 2 aromatic rings. The van der Waals surface area contributed by atoms with Crippen molar-refractivity contribution >= 4 is 17.5 Å². The summed E-state index contributed by atoms with van der Waals surface area (Å²) in [7, 11) is 1.60. The minimum Gasteiger partial charge on any atom is -0.355 e. The van der Waals surface area contributed by atoms with Crippen LogP contribution >= 0.6 is 0 Å². The quantitative estimate of drug-likeness (QED) is 0.911. The molecule has 1 aliphatic heterocycles. The van der Waals surface area contributed by atoms with Gasteiger partial charge in [0, 0.05) is 12.6 Å². The molecule has 3 rings (SSSR count). The van der Waals surface area contributed by atoms with E-state index in [4.69, 9.17) is 0 Å². The van der Waals surface area contributed by atoms with Crippen molar-refractivity contribution in [3.8, 4) is 0 Å². The fraction of sp³-hybridized carbons (Fsp3) is 0.176. The van der Waals surface area contributed by atoms with Crippen LogP contribution in [0.25, 0.3) is 0 Å². The van der Waals surface area contributed by atoms with E-state index in [1.54, 1.807) is 19.2 Å². The van der Waals surface area contributed by atoms with Crippen LogP contribution < -0.4 is 15.8 Å². The van der Waals surface area contributed by atoms with Crippen molar-refractivity contribution < 1.29 is 9.59 Å². The number of anilines is 1. The first-order chi connectivity index (χ1) is 10.7. The molecule has 0 bridgehead atoms. The number of nitrogens with one attached hydrogen (secondary N) is 2. The number of hydrogen-bond acceptors (Lipinski definition) is 3. The highest BCUT2D eigenvalue weighted by Gasteiger charge is 2.31. The maximum Gasteiger partial charge on any atom is 0.251 e. The third kappa shape index (κ3) is 2.65. The Morgan fingerprint density at radius 3 is 2.45 bits per heavy atom. The SMILES string of the molecule is CNC(=O)c1ccc(N2NC(=O)CC2c2ccccc2)cc1. The largest absolute Gasteiger partial charge is 0.355 e. The van der Waals surface area contributed by atoms with Crippen LogP contribution in [0.1, 0.15) is 28.4 Å². The number of hydrogen-bond donors (Lipinski definition) is 2. The van der Waals surface area contributed by atoms with Crippen molar-refractivity contribution in [2.24, 2.45) is 0 Å². The highest BCUT2D eigenvalue weighted by Crippen LogP contribution is 2.32. The summed E-state index contributed by atoms with van der Waals surface area (Å²) in [5.41, 5.74) is 5.40. The molecule has 1 atom stereocenters. The van der Waals surface area contributed by atoms with Crippen molar-refractivity contribution in [3.63, 3.8) is 0 Å². The summed E-state index contributed by atoms with van der Waals surface area (Å²) in [4.78, 5) is 23.4. The molecule has 1 unspecified atom stereocenters. The van der Waals surface area contributed by atoms with Gasteiger partial charge in [-0.1, -0.05) is 30.3 Å². The number of amides is 2. The standard InChI is InChI=1S/C17H17N3O2/c1-18-17(22)13-7-9-14(10-8-13)20-15(11-16(21)19-20)12-5-3-2-4-6-12/h2-10,15H,11H2,1H3,(H,18,22)(H,19,21). The van der Waals surface area contributed by atoms with Gasteiger partial charge in [-0.15, -0.1) is 0 Å². The van der Waals surface area contributed by atoms with E-state index in [1.807, 2.05) is 47.5 Å². The molecule has 5 nitrogen and oxygen atoms in total. The third-order valence-electron chi connectivity index (χ3n) is 3.75. The van der Waals surface area contributed by atoms with Gasteiger partial charge in [0.05, 0.1) is 18.2 Å². The summed E-state index contributed by atoms with van der Waals surface area (Å²) in [5, 5.41) is 4.44. The Kier molecular flexibility index (Phi) is 3.78. The van der Waals surface area contributed by atoms with Gasteiger partial charge in [0.2, 0.25) is 5.91 Å². The average Bonchev–Trinajstić information content (AvgIpc) is 2.97. The number of rotatable bonds is 3. The van der Waals surface area contributed by atoms with Gasteiger partial charge in [-0.3, -0.25) is 20.0 Å². The molecule has 1 fully saturated rings. The second-order valence-electron chi connectivity index (χ2n) is 5.16. The lowest BCUT2D eigenvalue weighted by Gasteiger charge is -2.25. The summed E-state index contributed by atoms with van der Waals surface area (Å²) < 4.78 is 0. The van der Waals surface area contributed by atoms with Gasteiger partial charge in [0.25, 0.3) is 5.91 Å². The minimum absolute atomic E-state index is 0.00997. The van der Waals surface area contributed by atoms with Crippen LogP contribution in [0.2, 0.25) is 0 Å².